The number of nitrogens with zero attached hydrogens (tertiary/aromatic N) is 1. The van der Waals surface area contributed by atoms with E-state index in [0.717, 1.165) is 5.56 Å². The van der Waals surface area contributed by atoms with Crippen molar-refractivity contribution in [3.63, 3.8) is 0 Å². The van der Waals surface area contributed by atoms with E-state index in [1.165, 1.54) is 4.90 Å². The van der Waals surface area contributed by atoms with Crippen molar-refractivity contribution in [1.29, 1.82) is 0 Å². The van der Waals surface area contributed by atoms with Gasteiger partial charge in [0, 0.05) is 18.3 Å². The Hall–Kier alpha value is -4.26. The number of urea groups is 1. The minimum absolute atomic E-state index is 0.0705. The zero-order valence-corrected chi connectivity index (χ0v) is 19.8. The van der Waals surface area contributed by atoms with Gasteiger partial charge in [0.15, 0.2) is 0 Å². The highest BCUT2D eigenvalue weighted by molar-refractivity contribution is 5.95. The van der Waals surface area contributed by atoms with E-state index in [1.807, 2.05) is 84.9 Å². The van der Waals surface area contributed by atoms with E-state index in [0.29, 0.717) is 34.9 Å². The van der Waals surface area contributed by atoms with Gasteiger partial charge in [-0.3, -0.25) is 0 Å². The van der Waals surface area contributed by atoms with Crippen molar-refractivity contribution in [2.45, 2.75) is 19.6 Å². The van der Waals surface area contributed by atoms with E-state index in [2.05, 4.69) is 5.32 Å². The van der Waals surface area contributed by atoms with E-state index in [9.17, 15) is 9.59 Å². The van der Waals surface area contributed by atoms with Crippen molar-refractivity contribution < 1.29 is 23.8 Å². The first-order valence-corrected chi connectivity index (χ1v) is 11.4. The number of amides is 2. The molecule has 0 bridgehead atoms. The highest BCUT2D eigenvalue weighted by Crippen LogP contribution is 2.35. The molecule has 35 heavy (non-hydrogen) atoms. The Labute approximate surface area is 204 Å². The molecular weight excluding hydrogens is 444 g/mol. The van der Waals surface area contributed by atoms with Crippen LogP contribution < -0.4 is 14.8 Å². The van der Waals surface area contributed by atoms with Crippen molar-refractivity contribution in [1.82, 2.24) is 10.2 Å². The van der Waals surface area contributed by atoms with Crippen LogP contribution in [0.1, 0.15) is 24.1 Å². The molecule has 2 amide bonds. The molecule has 180 valence electrons. The molecule has 0 radical (unpaired) electrons. The van der Waals surface area contributed by atoms with E-state index in [-0.39, 0.29) is 19.2 Å². The average molecular weight is 473 g/mol. The predicted octanol–water partition coefficient (Wildman–Crippen LogP) is 4.86. The fourth-order valence-electron chi connectivity index (χ4n) is 3.81. The molecule has 4 rings (SSSR count). The quantitative estimate of drug-likeness (QED) is 0.356. The number of ether oxygens (including phenoxy) is 3. The van der Waals surface area contributed by atoms with Crippen molar-refractivity contribution in [3.05, 3.63) is 107 Å². The van der Waals surface area contributed by atoms with Crippen LogP contribution >= 0.6 is 0 Å². The fraction of sp³-hybridized carbons (Fsp3) is 0.214. The number of benzene rings is 3. The molecular formula is C28H28N2O5. The van der Waals surface area contributed by atoms with Gasteiger partial charge < -0.3 is 24.4 Å². The summed E-state index contributed by atoms with van der Waals surface area (Å²) in [5.41, 5.74) is 2.56. The zero-order chi connectivity index (χ0) is 24.6. The molecule has 3 aromatic carbocycles. The number of nitrogens with one attached hydrogen (secondary N) is 1. The molecule has 0 saturated carbocycles. The molecule has 1 atom stereocenters. The number of esters is 1. The lowest BCUT2D eigenvalue weighted by Gasteiger charge is -2.33. The number of para-hydroxylation sites is 2. The van der Waals surface area contributed by atoms with Crippen LogP contribution in [0.15, 0.2) is 96.2 Å². The molecule has 0 aromatic heterocycles. The maximum absolute atomic E-state index is 13.2. The first-order chi connectivity index (χ1) is 17.0. The first kappa shape index (κ1) is 23.9. The molecule has 1 heterocycles. The standard InChI is InChI=1S/C28H28N2O5/c1-20-25(27(31)34-18-17-33-22-13-7-4-8-14-22)26(29-28(32)30(20)2)23-15-9-10-16-24(23)35-19-21-11-5-3-6-12-21/h3-16,26H,17-19H2,1-2H3,(H,29,32). The van der Waals surface area contributed by atoms with Crippen molar-refractivity contribution >= 4 is 12.0 Å². The molecule has 0 spiro atoms. The zero-order valence-electron chi connectivity index (χ0n) is 19.8. The minimum atomic E-state index is -0.715. The smallest absolute Gasteiger partial charge is 0.338 e. The number of hydrogen-bond acceptors (Lipinski definition) is 5. The molecule has 1 aliphatic rings. The lowest BCUT2D eigenvalue weighted by atomic mass is 9.94. The van der Waals surface area contributed by atoms with Crippen molar-refractivity contribution in [2.75, 3.05) is 20.3 Å². The molecule has 7 nitrogen and oxygen atoms in total. The number of carbonyl (C=O) groups excluding carboxylic acids is 2. The summed E-state index contributed by atoms with van der Waals surface area (Å²) in [6.07, 6.45) is 0. The molecule has 0 fully saturated rings. The van der Waals surface area contributed by atoms with Gasteiger partial charge in [-0.15, -0.1) is 0 Å². The summed E-state index contributed by atoms with van der Waals surface area (Å²) in [6.45, 7) is 2.38. The molecule has 1 unspecified atom stereocenters. The Bertz CT molecular complexity index is 1190. The molecule has 1 aliphatic heterocycles. The van der Waals surface area contributed by atoms with Crippen LogP contribution in [-0.2, 0) is 16.1 Å². The lowest BCUT2D eigenvalue weighted by molar-refractivity contribution is -0.140. The van der Waals surface area contributed by atoms with E-state index >= 15 is 0 Å². The maximum atomic E-state index is 13.2. The SMILES string of the molecule is CC1=C(C(=O)OCCOc2ccccc2)C(c2ccccc2OCc2ccccc2)NC(=O)N1C. The van der Waals surface area contributed by atoms with Crippen LogP contribution in [0, 0.1) is 0 Å². The summed E-state index contributed by atoms with van der Waals surface area (Å²) >= 11 is 0. The Balaban J connectivity index is 1.52. The monoisotopic (exact) mass is 472 g/mol. The minimum Gasteiger partial charge on any atom is -0.490 e. The van der Waals surface area contributed by atoms with Gasteiger partial charge in [-0.2, -0.15) is 0 Å². The van der Waals surface area contributed by atoms with E-state index in [4.69, 9.17) is 14.2 Å². The average Bonchev–Trinajstić information content (AvgIpc) is 2.89. The van der Waals surface area contributed by atoms with Gasteiger partial charge in [0.05, 0.1) is 11.6 Å². The summed E-state index contributed by atoms with van der Waals surface area (Å²) in [5, 5.41) is 2.92. The summed E-state index contributed by atoms with van der Waals surface area (Å²) < 4.78 is 17.2. The van der Waals surface area contributed by atoms with Crippen LogP contribution in [0.25, 0.3) is 0 Å². The van der Waals surface area contributed by atoms with Gasteiger partial charge in [0.2, 0.25) is 0 Å². The van der Waals surface area contributed by atoms with Crippen molar-refractivity contribution in [3.8, 4) is 11.5 Å². The van der Waals surface area contributed by atoms with Gasteiger partial charge >= 0.3 is 12.0 Å². The normalized spacial score (nSPS) is 15.4. The predicted molar refractivity (Wildman–Crippen MR) is 132 cm³/mol. The Morgan fingerprint density at radius 3 is 2.29 bits per heavy atom. The second-order valence-corrected chi connectivity index (χ2v) is 8.05. The summed E-state index contributed by atoms with van der Waals surface area (Å²) in [6, 6.07) is 25.5. The Morgan fingerprint density at radius 1 is 0.886 bits per heavy atom. The third-order valence-electron chi connectivity index (χ3n) is 5.77. The van der Waals surface area contributed by atoms with E-state index < -0.39 is 12.0 Å². The molecule has 0 saturated heterocycles. The van der Waals surface area contributed by atoms with Gasteiger partial charge in [-0.25, -0.2) is 9.59 Å². The molecule has 0 aliphatic carbocycles. The third kappa shape index (κ3) is 5.81. The highest BCUT2D eigenvalue weighted by Gasteiger charge is 2.36. The van der Waals surface area contributed by atoms with Crippen molar-refractivity contribution in [2.24, 2.45) is 0 Å². The van der Waals surface area contributed by atoms with Gasteiger partial charge in [-0.1, -0.05) is 66.7 Å². The van der Waals surface area contributed by atoms with Crippen LogP contribution in [0.4, 0.5) is 4.79 Å². The number of hydrogen-bond donors (Lipinski definition) is 1. The van der Waals surface area contributed by atoms with Crippen LogP contribution in [0.3, 0.4) is 0 Å². The van der Waals surface area contributed by atoms with E-state index in [1.54, 1.807) is 14.0 Å². The van der Waals surface area contributed by atoms with Gasteiger partial charge in [0.1, 0.15) is 31.3 Å². The highest BCUT2D eigenvalue weighted by atomic mass is 16.6. The van der Waals surface area contributed by atoms with Gasteiger partial charge in [-0.05, 0) is 30.7 Å². The lowest BCUT2D eigenvalue weighted by Crippen LogP contribution is -2.46. The first-order valence-electron chi connectivity index (χ1n) is 11.4. The number of allylic oxidation sites excluding steroid dienone is 1. The second-order valence-electron chi connectivity index (χ2n) is 8.05. The van der Waals surface area contributed by atoms with Gasteiger partial charge in [0.25, 0.3) is 0 Å². The molecule has 3 aromatic rings. The second kappa shape index (κ2) is 11.2. The maximum Gasteiger partial charge on any atom is 0.338 e. The molecule has 1 N–H and O–H groups in total. The molecule has 7 heteroatoms. The fourth-order valence-corrected chi connectivity index (χ4v) is 3.81. The number of rotatable bonds is 9. The Morgan fingerprint density at radius 2 is 1.54 bits per heavy atom. The summed E-state index contributed by atoms with van der Waals surface area (Å²) in [5.74, 6) is 0.761. The van der Waals surface area contributed by atoms with Crippen LogP contribution in [0.2, 0.25) is 0 Å². The third-order valence-corrected chi connectivity index (χ3v) is 5.77. The van der Waals surface area contributed by atoms with Crippen LogP contribution in [0.5, 0.6) is 11.5 Å². The summed E-state index contributed by atoms with van der Waals surface area (Å²) in [4.78, 5) is 27.2. The Kier molecular flexibility index (Phi) is 7.67. The van der Waals surface area contributed by atoms with Crippen LogP contribution in [-0.4, -0.2) is 37.2 Å². The topological polar surface area (TPSA) is 77.1 Å². The summed E-state index contributed by atoms with van der Waals surface area (Å²) in [7, 11) is 1.62. The largest absolute Gasteiger partial charge is 0.490 e. The number of carbonyl (C=O) groups is 2.